The number of hydrogen-bond acceptors (Lipinski definition) is 5. The van der Waals surface area contributed by atoms with Gasteiger partial charge in [0.25, 0.3) is 5.91 Å². The number of anilines is 1. The first-order chi connectivity index (χ1) is 12.9. The van der Waals surface area contributed by atoms with Gasteiger partial charge >= 0.3 is 0 Å². The molecule has 0 aliphatic rings. The van der Waals surface area contributed by atoms with E-state index in [1.54, 1.807) is 0 Å². The Morgan fingerprint density at radius 3 is 1.96 bits per heavy atom. The van der Waals surface area contributed by atoms with Crippen LogP contribution in [0.3, 0.4) is 0 Å². The number of carbonyl (C=O) groups is 1. The summed E-state index contributed by atoms with van der Waals surface area (Å²) in [6.45, 7) is 0. The molecule has 0 aliphatic carbocycles. The molecule has 11 heteroatoms. The molecule has 152 valence electrons. The summed E-state index contributed by atoms with van der Waals surface area (Å²) in [7, 11) is -2.75. The standard InChI is InChI=1S/C17H20FN3O5S2/c1-20(2)27(23,24)15-8-6-5-7-14(15)19-17(22)12-9-10-13(18)16(11-12)28(25,26)21(3)4/h5-11H,1-4H3,(H,19,22). The van der Waals surface area contributed by atoms with Crippen molar-refractivity contribution in [1.82, 2.24) is 8.61 Å². The third kappa shape index (κ3) is 4.22. The van der Waals surface area contributed by atoms with E-state index >= 15 is 0 Å². The molecule has 0 bridgehead atoms. The van der Waals surface area contributed by atoms with E-state index in [1.165, 1.54) is 52.5 Å². The van der Waals surface area contributed by atoms with Crippen LogP contribution in [0.15, 0.2) is 52.3 Å². The summed E-state index contributed by atoms with van der Waals surface area (Å²) in [5.74, 6) is -1.78. The van der Waals surface area contributed by atoms with Gasteiger partial charge in [0, 0.05) is 33.8 Å². The Balaban J connectivity index is 2.46. The number of sulfonamides is 2. The van der Waals surface area contributed by atoms with Crippen molar-refractivity contribution >= 4 is 31.6 Å². The van der Waals surface area contributed by atoms with Gasteiger partial charge in [0.1, 0.15) is 15.6 Å². The molecule has 0 unspecified atom stereocenters. The van der Waals surface area contributed by atoms with Gasteiger partial charge in [-0.1, -0.05) is 12.1 Å². The molecule has 28 heavy (non-hydrogen) atoms. The molecule has 1 N–H and O–H groups in total. The fourth-order valence-electron chi connectivity index (χ4n) is 2.23. The van der Waals surface area contributed by atoms with Crippen LogP contribution >= 0.6 is 0 Å². The van der Waals surface area contributed by atoms with Crippen LogP contribution in [0.5, 0.6) is 0 Å². The molecular weight excluding hydrogens is 409 g/mol. The molecule has 0 saturated heterocycles. The van der Waals surface area contributed by atoms with Gasteiger partial charge in [0.05, 0.1) is 5.69 Å². The summed E-state index contributed by atoms with van der Waals surface area (Å²) in [5, 5.41) is 2.44. The number of amides is 1. The molecule has 0 heterocycles. The Morgan fingerprint density at radius 2 is 1.39 bits per heavy atom. The minimum Gasteiger partial charge on any atom is -0.321 e. The van der Waals surface area contributed by atoms with E-state index in [4.69, 9.17) is 0 Å². The zero-order valence-corrected chi connectivity index (χ0v) is 17.3. The van der Waals surface area contributed by atoms with Gasteiger partial charge in [-0.05, 0) is 30.3 Å². The van der Waals surface area contributed by atoms with Gasteiger partial charge < -0.3 is 5.32 Å². The second-order valence-electron chi connectivity index (χ2n) is 6.17. The van der Waals surface area contributed by atoms with Crippen LogP contribution in [0.2, 0.25) is 0 Å². The Bertz CT molecular complexity index is 1110. The predicted molar refractivity (Wildman–Crippen MR) is 103 cm³/mol. The van der Waals surface area contributed by atoms with Crippen LogP contribution in [0.4, 0.5) is 10.1 Å². The summed E-state index contributed by atoms with van der Waals surface area (Å²) in [5.41, 5.74) is -0.124. The number of carbonyl (C=O) groups excluding carboxylic acids is 1. The Kier molecular flexibility index (Phi) is 6.24. The van der Waals surface area contributed by atoms with Gasteiger partial charge in [-0.3, -0.25) is 4.79 Å². The lowest BCUT2D eigenvalue weighted by Gasteiger charge is -2.16. The van der Waals surface area contributed by atoms with Gasteiger partial charge in [-0.25, -0.2) is 29.8 Å². The molecule has 2 aromatic rings. The third-order valence-electron chi connectivity index (χ3n) is 3.85. The fourth-order valence-corrected chi connectivity index (χ4v) is 4.25. The van der Waals surface area contributed by atoms with Crippen LogP contribution in [-0.4, -0.2) is 59.5 Å². The highest BCUT2D eigenvalue weighted by molar-refractivity contribution is 7.89. The van der Waals surface area contributed by atoms with Crippen LogP contribution in [0, 0.1) is 5.82 Å². The van der Waals surface area contributed by atoms with E-state index in [9.17, 15) is 26.0 Å². The second-order valence-corrected chi connectivity index (χ2v) is 10.4. The summed E-state index contributed by atoms with van der Waals surface area (Å²) in [6, 6.07) is 8.66. The predicted octanol–water partition coefficient (Wildman–Crippen LogP) is 1.58. The van der Waals surface area contributed by atoms with Crippen LogP contribution in [0.25, 0.3) is 0 Å². The minimum absolute atomic E-state index is 0.0162. The number of rotatable bonds is 6. The molecular formula is C17H20FN3O5S2. The van der Waals surface area contributed by atoms with E-state index < -0.39 is 36.7 Å². The van der Waals surface area contributed by atoms with E-state index in [2.05, 4.69) is 5.32 Å². The second kappa shape index (κ2) is 7.95. The van der Waals surface area contributed by atoms with E-state index in [0.717, 1.165) is 26.8 Å². The largest absolute Gasteiger partial charge is 0.321 e. The highest BCUT2D eigenvalue weighted by Gasteiger charge is 2.25. The smallest absolute Gasteiger partial charge is 0.255 e. The van der Waals surface area contributed by atoms with E-state index in [1.807, 2.05) is 0 Å². The average molecular weight is 429 g/mol. The maximum Gasteiger partial charge on any atom is 0.255 e. The summed E-state index contributed by atoms with van der Waals surface area (Å²) >= 11 is 0. The van der Waals surface area contributed by atoms with Gasteiger partial charge in [0.2, 0.25) is 20.0 Å². The van der Waals surface area contributed by atoms with Crippen molar-refractivity contribution in [2.45, 2.75) is 9.79 Å². The number of benzene rings is 2. The lowest BCUT2D eigenvalue weighted by atomic mass is 10.2. The molecule has 2 aromatic carbocycles. The summed E-state index contributed by atoms with van der Waals surface area (Å²) < 4.78 is 65.1. The quantitative estimate of drug-likeness (QED) is 0.751. The topological polar surface area (TPSA) is 104 Å². The lowest BCUT2D eigenvalue weighted by molar-refractivity contribution is 0.102. The van der Waals surface area contributed by atoms with Crippen LogP contribution < -0.4 is 5.32 Å². The molecule has 0 aliphatic heterocycles. The summed E-state index contributed by atoms with van der Waals surface area (Å²) in [4.78, 5) is 11.8. The van der Waals surface area contributed by atoms with Crippen LogP contribution in [0.1, 0.15) is 10.4 Å². The molecule has 0 spiro atoms. The summed E-state index contributed by atoms with van der Waals surface area (Å²) in [6.07, 6.45) is 0. The first-order valence-electron chi connectivity index (χ1n) is 7.94. The van der Waals surface area contributed by atoms with Crippen molar-refractivity contribution < 1.29 is 26.0 Å². The van der Waals surface area contributed by atoms with Crippen molar-refractivity contribution in [3.05, 3.63) is 53.8 Å². The fraction of sp³-hybridized carbons (Fsp3) is 0.235. The SMILES string of the molecule is CN(C)S(=O)(=O)c1cc(C(=O)Nc2ccccc2S(=O)(=O)N(C)C)ccc1F. The lowest BCUT2D eigenvalue weighted by Crippen LogP contribution is -2.25. The van der Waals surface area contributed by atoms with E-state index in [0.29, 0.717) is 0 Å². The number of nitrogens with zero attached hydrogens (tertiary/aromatic N) is 2. The zero-order chi connectivity index (χ0) is 21.3. The first kappa shape index (κ1) is 22.0. The van der Waals surface area contributed by atoms with E-state index in [-0.39, 0.29) is 16.1 Å². The van der Waals surface area contributed by atoms with Crippen molar-refractivity contribution in [3.8, 4) is 0 Å². The molecule has 0 saturated carbocycles. The van der Waals surface area contributed by atoms with Crippen molar-refractivity contribution in [2.24, 2.45) is 0 Å². The molecule has 0 atom stereocenters. The minimum atomic E-state index is -4.10. The number of halogens is 1. The van der Waals surface area contributed by atoms with Crippen molar-refractivity contribution in [3.63, 3.8) is 0 Å². The molecule has 2 rings (SSSR count). The monoisotopic (exact) mass is 429 g/mol. The highest BCUT2D eigenvalue weighted by Crippen LogP contribution is 2.25. The third-order valence-corrected chi connectivity index (χ3v) is 7.55. The van der Waals surface area contributed by atoms with Gasteiger partial charge in [-0.2, -0.15) is 0 Å². The first-order valence-corrected chi connectivity index (χ1v) is 10.8. The average Bonchev–Trinajstić information content (AvgIpc) is 2.61. The number of nitrogens with one attached hydrogen (secondary N) is 1. The Hall–Kier alpha value is -2.34. The molecule has 0 fully saturated rings. The van der Waals surface area contributed by atoms with Crippen LogP contribution in [-0.2, 0) is 20.0 Å². The normalized spacial score (nSPS) is 12.4. The van der Waals surface area contributed by atoms with Gasteiger partial charge in [-0.15, -0.1) is 0 Å². The van der Waals surface area contributed by atoms with Gasteiger partial charge in [0.15, 0.2) is 0 Å². The Labute approximate surface area is 163 Å². The van der Waals surface area contributed by atoms with Crippen molar-refractivity contribution in [2.75, 3.05) is 33.5 Å². The maximum absolute atomic E-state index is 14.0. The molecule has 0 aromatic heterocycles. The Morgan fingerprint density at radius 1 is 0.857 bits per heavy atom. The molecule has 8 nitrogen and oxygen atoms in total. The zero-order valence-electron chi connectivity index (χ0n) is 15.7. The number of para-hydroxylation sites is 1. The molecule has 1 amide bonds. The number of hydrogen-bond donors (Lipinski definition) is 1. The van der Waals surface area contributed by atoms with Crippen molar-refractivity contribution in [1.29, 1.82) is 0 Å². The highest BCUT2D eigenvalue weighted by atomic mass is 32.2. The maximum atomic E-state index is 14.0. The molecule has 0 radical (unpaired) electrons.